The molecule has 0 atom stereocenters. The maximum absolute atomic E-state index is 12.7. The number of H-pyrrole nitrogens is 1. The van der Waals surface area contributed by atoms with Crippen molar-refractivity contribution >= 4 is 34.2 Å². The van der Waals surface area contributed by atoms with Gasteiger partial charge in [0.1, 0.15) is 5.03 Å². The highest BCUT2D eigenvalue weighted by atomic mass is 35.5. The summed E-state index contributed by atoms with van der Waals surface area (Å²) in [6.07, 6.45) is 1.97. The van der Waals surface area contributed by atoms with E-state index in [2.05, 4.69) is 9.88 Å². The van der Waals surface area contributed by atoms with E-state index in [0.29, 0.717) is 23.8 Å². The molecule has 0 spiro atoms. The number of carbonyl (C=O) groups is 1. The first kappa shape index (κ1) is 18.2. The summed E-state index contributed by atoms with van der Waals surface area (Å²) in [5.41, 5.74) is 3.88. The molecule has 2 heterocycles. The molecule has 0 bridgehead atoms. The van der Waals surface area contributed by atoms with E-state index < -0.39 is 0 Å². The molecule has 2 aromatic carbocycles. The lowest BCUT2D eigenvalue weighted by atomic mass is 10.1. The highest BCUT2D eigenvalue weighted by Gasteiger charge is 2.23. The Morgan fingerprint density at radius 2 is 1.74 bits per heavy atom. The molecule has 27 heavy (non-hydrogen) atoms. The maximum Gasteiger partial charge on any atom is 0.225 e. The number of nitrogens with one attached hydrogen (secondary N) is 1. The van der Waals surface area contributed by atoms with E-state index in [1.165, 1.54) is 11.8 Å². The van der Waals surface area contributed by atoms with Gasteiger partial charge < -0.3 is 14.6 Å². The largest absolute Gasteiger partial charge is 0.378 e. The topological polar surface area (TPSA) is 45.3 Å². The summed E-state index contributed by atoms with van der Waals surface area (Å²) in [5.74, 6) is 0. The molecular weight excluding hydrogens is 380 g/mol. The standard InChI is InChI=1S/C21H19ClN2O2S/c22-17-8-6-15(7-9-17)18-14-23-20(19(18)24-10-12-26-13-11-24)27-21(25)16-4-2-1-3-5-16/h1-9,14,23H,10-13H2. The molecule has 0 amide bonds. The van der Waals surface area contributed by atoms with Crippen molar-refractivity contribution in [1.82, 2.24) is 4.98 Å². The Morgan fingerprint density at radius 1 is 1.04 bits per heavy atom. The second-order valence-electron chi connectivity index (χ2n) is 6.24. The first-order chi connectivity index (χ1) is 13.2. The number of hydrogen-bond acceptors (Lipinski definition) is 4. The summed E-state index contributed by atoms with van der Waals surface area (Å²) in [6, 6.07) is 17.1. The lowest BCUT2D eigenvalue weighted by molar-refractivity contribution is 0.108. The van der Waals surface area contributed by atoms with Gasteiger partial charge in [-0.3, -0.25) is 4.79 Å². The molecule has 0 radical (unpaired) electrons. The van der Waals surface area contributed by atoms with E-state index in [9.17, 15) is 4.79 Å². The van der Waals surface area contributed by atoms with Gasteiger partial charge >= 0.3 is 0 Å². The number of carbonyl (C=O) groups excluding carboxylic acids is 1. The Hall–Kier alpha value is -2.21. The van der Waals surface area contributed by atoms with E-state index in [0.717, 1.165) is 34.9 Å². The van der Waals surface area contributed by atoms with E-state index in [1.807, 2.05) is 60.8 Å². The average molecular weight is 399 g/mol. The van der Waals surface area contributed by atoms with Gasteiger partial charge in [-0.25, -0.2) is 0 Å². The van der Waals surface area contributed by atoms with Crippen LogP contribution in [0.5, 0.6) is 0 Å². The Bertz CT molecular complexity index is 919. The van der Waals surface area contributed by atoms with Crippen molar-refractivity contribution in [1.29, 1.82) is 0 Å². The minimum atomic E-state index is 0.0228. The second kappa shape index (κ2) is 8.21. The molecule has 1 N–H and O–H groups in total. The van der Waals surface area contributed by atoms with Crippen molar-refractivity contribution in [2.24, 2.45) is 0 Å². The molecule has 1 aliphatic rings. The maximum atomic E-state index is 12.7. The molecule has 6 heteroatoms. The first-order valence-corrected chi connectivity index (χ1v) is 9.99. The van der Waals surface area contributed by atoms with Gasteiger partial charge in [0.25, 0.3) is 0 Å². The third kappa shape index (κ3) is 4.05. The van der Waals surface area contributed by atoms with Crippen LogP contribution in [0.1, 0.15) is 10.4 Å². The van der Waals surface area contributed by atoms with Crippen LogP contribution in [-0.2, 0) is 4.74 Å². The van der Waals surface area contributed by atoms with Crippen LogP contribution in [0.25, 0.3) is 11.1 Å². The number of aromatic nitrogens is 1. The van der Waals surface area contributed by atoms with Crippen LogP contribution in [0.15, 0.2) is 65.8 Å². The molecular formula is C21H19ClN2O2S. The fourth-order valence-corrected chi connectivity index (χ4v) is 4.17. The Kier molecular flexibility index (Phi) is 5.53. The summed E-state index contributed by atoms with van der Waals surface area (Å²) >= 11 is 7.28. The number of hydrogen-bond donors (Lipinski definition) is 1. The number of nitrogens with zero attached hydrogens (tertiary/aromatic N) is 1. The van der Waals surface area contributed by atoms with Gasteiger partial charge in [-0.1, -0.05) is 54.1 Å². The van der Waals surface area contributed by atoms with Gasteiger partial charge in [-0.15, -0.1) is 0 Å². The highest BCUT2D eigenvalue weighted by molar-refractivity contribution is 8.14. The zero-order chi connectivity index (χ0) is 18.6. The zero-order valence-electron chi connectivity index (χ0n) is 14.7. The minimum Gasteiger partial charge on any atom is -0.378 e. The predicted octanol–water partition coefficient (Wildman–Crippen LogP) is 5.10. The van der Waals surface area contributed by atoms with Gasteiger partial charge in [0, 0.05) is 35.4 Å². The number of morpholine rings is 1. The van der Waals surface area contributed by atoms with Crippen molar-refractivity contribution in [3.05, 3.63) is 71.4 Å². The van der Waals surface area contributed by atoms with Crippen molar-refractivity contribution in [2.75, 3.05) is 31.2 Å². The van der Waals surface area contributed by atoms with Gasteiger partial charge in [0.2, 0.25) is 5.12 Å². The molecule has 1 fully saturated rings. The normalized spacial score (nSPS) is 14.3. The summed E-state index contributed by atoms with van der Waals surface area (Å²) in [7, 11) is 0. The van der Waals surface area contributed by atoms with Crippen LogP contribution in [0.3, 0.4) is 0 Å². The van der Waals surface area contributed by atoms with Crippen LogP contribution in [0.4, 0.5) is 5.69 Å². The summed E-state index contributed by atoms with van der Waals surface area (Å²) in [5, 5.41) is 1.58. The SMILES string of the molecule is O=C(Sc1[nH]cc(-c2ccc(Cl)cc2)c1N1CCOCC1)c1ccccc1. The molecule has 0 aliphatic carbocycles. The number of halogens is 1. The van der Waals surface area contributed by atoms with Crippen LogP contribution >= 0.6 is 23.4 Å². The van der Waals surface area contributed by atoms with Crippen LogP contribution < -0.4 is 4.90 Å². The number of rotatable bonds is 4. The molecule has 4 nitrogen and oxygen atoms in total. The van der Waals surface area contributed by atoms with Crippen molar-refractivity contribution in [3.8, 4) is 11.1 Å². The summed E-state index contributed by atoms with van der Waals surface area (Å²) in [6.45, 7) is 2.96. The first-order valence-electron chi connectivity index (χ1n) is 8.79. The number of ether oxygens (including phenoxy) is 1. The van der Waals surface area contributed by atoms with Crippen LogP contribution in [0.2, 0.25) is 5.02 Å². The third-order valence-electron chi connectivity index (χ3n) is 4.50. The second-order valence-corrected chi connectivity index (χ2v) is 7.66. The van der Waals surface area contributed by atoms with Gasteiger partial charge in [0.15, 0.2) is 0 Å². The lowest BCUT2D eigenvalue weighted by Crippen LogP contribution is -2.36. The smallest absolute Gasteiger partial charge is 0.225 e. The zero-order valence-corrected chi connectivity index (χ0v) is 16.2. The number of anilines is 1. The molecule has 0 saturated carbocycles. The summed E-state index contributed by atoms with van der Waals surface area (Å²) in [4.78, 5) is 18.3. The fraction of sp³-hybridized carbons (Fsp3) is 0.190. The molecule has 1 aliphatic heterocycles. The summed E-state index contributed by atoms with van der Waals surface area (Å²) < 4.78 is 5.51. The molecule has 1 saturated heterocycles. The van der Waals surface area contributed by atoms with E-state index >= 15 is 0 Å². The predicted molar refractivity (Wildman–Crippen MR) is 111 cm³/mol. The average Bonchev–Trinajstić information content (AvgIpc) is 3.13. The highest BCUT2D eigenvalue weighted by Crippen LogP contribution is 2.40. The Labute approximate surface area is 167 Å². The number of benzene rings is 2. The number of aromatic amines is 1. The van der Waals surface area contributed by atoms with Crippen molar-refractivity contribution in [2.45, 2.75) is 5.03 Å². The van der Waals surface area contributed by atoms with Gasteiger partial charge in [-0.2, -0.15) is 0 Å². The number of thioether (sulfide) groups is 1. The Morgan fingerprint density at radius 3 is 2.44 bits per heavy atom. The Balaban J connectivity index is 1.70. The fourth-order valence-electron chi connectivity index (χ4n) is 3.15. The molecule has 1 aromatic heterocycles. The van der Waals surface area contributed by atoms with Gasteiger partial charge in [-0.05, 0) is 29.5 Å². The van der Waals surface area contributed by atoms with Crippen molar-refractivity contribution in [3.63, 3.8) is 0 Å². The third-order valence-corrected chi connectivity index (χ3v) is 5.69. The van der Waals surface area contributed by atoms with Crippen molar-refractivity contribution < 1.29 is 9.53 Å². The quantitative estimate of drug-likeness (QED) is 0.620. The molecule has 138 valence electrons. The molecule has 0 unspecified atom stereocenters. The van der Waals surface area contributed by atoms with Crippen LogP contribution in [0, 0.1) is 0 Å². The van der Waals surface area contributed by atoms with Gasteiger partial charge in [0.05, 0.1) is 18.9 Å². The lowest BCUT2D eigenvalue weighted by Gasteiger charge is -2.30. The van der Waals surface area contributed by atoms with E-state index in [-0.39, 0.29) is 5.12 Å². The van der Waals surface area contributed by atoms with E-state index in [1.54, 1.807) is 0 Å². The van der Waals surface area contributed by atoms with Crippen LogP contribution in [-0.4, -0.2) is 36.4 Å². The molecule has 4 rings (SSSR count). The minimum absolute atomic E-state index is 0.0228. The van der Waals surface area contributed by atoms with E-state index in [4.69, 9.17) is 16.3 Å². The molecule has 3 aromatic rings. The monoisotopic (exact) mass is 398 g/mol.